The van der Waals surface area contributed by atoms with Gasteiger partial charge >= 0.3 is 11.9 Å². The van der Waals surface area contributed by atoms with Gasteiger partial charge < -0.3 is 9.47 Å². The van der Waals surface area contributed by atoms with Gasteiger partial charge in [0.2, 0.25) is 0 Å². The maximum absolute atomic E-state index is 12.1. The lowest BCUT2D eigenvalue weighted by molar-refractivity contribution is -0.138. The third kappa shape index (κ3) is 6.63. The topological polar surface area (TPSA) is 52.6 Å². The first-order valence-electron chi connectivity index (χ1n) is 8.06. The second-order valence-electron chi connectivity index (χ2n) is 6.55. The van der Waals surface area contributed by atoms with Crippen LogP contribution in [0.2, 0.25) is 0 Å². The van der Waals surface area contributed by atoms with Crippen molar-refractivity contribution in [3.63, 3.8) is 0 Å². The molecule has 0 aliphatic rings. The number of benzene rings is 2. The first kappa shape index (κ1) is 18.5. The summed E-state index contributed by atoms with van der Waals surface area (Å²) in [6.07, 6.45) is 2.96. The monoisotopic (exact) mass is 338 g/mol. The highest BCUT2D eigenvalue weighted by atomic mass is 16.6. The van der Waals surface area contributed by atoms with E-state index in [0.29, 0.717) is 5.56 Å². The number of carbonyl (C=O) groups excluding carboxylic acids is 2. The minimum Gasteiger partial charge on any atom is -0.458 e. The molecule has 0 aliphatic carbocycles. The Balaban J connectivity index is 1.95. The smallest absolute Gasteiger partial charge is 0.338 e. The van der Waals surface area contributed by atoms with Gasteiger partial charge in [-0.15, -0.1) is 0 Å². The maximum Gasteiger partial charge on any atom is 0.338 e. The van der Waals surface area contributed by atoms with Crippen molar-refractivity contribution < 1.29 is 19.1 Å². The van der Waals surface area contributed by atoms with Crippen LogP contribution in [0.5, 0.6) is 0 Å². The standard InChI is InChI=1S/C21H22O4/c1-21(2,3)25-20(23)18-11-7-10-16(14-18)12-13-19(22)24-15-17-8-5-4-6-9-17/h4-14H,15H2,1-3H3/b13-12+. The summed E-state index contributed by atoms with van der Waals surface area (Å²) in [6.45, 7) is 5.67. The van der Waals surface area contributed by atoms with Crippen molar-refractivity contribution in [1.82, 2.24) is 0 Å². The predicted octanol–water partition coefficient (Wildman–Crippen LogP) is 4.40. The Hall–Kier alpha value is -2.88. The van der Waals surface area contributed by atoms with E-state index in [-0.39, 0.29) is 6.61 Å². The summed E-state index contributed by atoms with van der Waals surface area (Å²) < 4.78 is 10.5. The van der Waals surface area contributed by atoms with Gasteiger partial charge in [0.1, 0.15) is 12.2 Å². The van der Waals surface area contributed by atoms with Crippen molar-refractivity contribution in [2.24, 2.45) is 0 Å². The lowest BCUT2D eigenvalue weighted by atomic mass is 10.1. The molecule has 0 radical (unpaired) electrons. The molecule has 4 nitrogen and oxygen atoms in total. The van der Waals surface area contributed by atoms with Crippen molar-refractivity contribution in [2.45, 2.75) is 33.0 Å². The number of esters is 2. The molecule has 0 atom stereocenters. The van der Waals surface area contributed by atoms with E-state index in [4.69, 9.17) is 9.47 Å². The molecule has 0 fully saturated rings. The first-order chi connectivity index (χ1) is 11.8. The Morgan fingerprint density at radius 2 is 1.72 bits per heavy atom. The van der Waals surface area contributed by atoms with E-state index in [1.807, 2.05) is 51.1 Å². The Morgan fingerprint density at radius 3 is 2.40 bits per heavy atom. The van der Waals surface area contributed by atoms with Crippen LogP contribution < -0.4 is 0 Å². The molecule has 2 aromatic carbocycles. The van der Waals surface area contributed by atoms with Crippen molar-refractivity contribution in [2.75, 3.05) is 0 Å². The molecule has 0 spiro atoms. The van der Waals surface area contributed by atoms with Gasteiger partial charge in [-0.1, -0.05) is 42.5 Å². The zero-order chi connectivity index (χ0) is 18.3. The molecule has 4 heteroatoms. The molecule has 2 aromatic rings. The van der Waals surface area contributed by atoms with E-state index < -0.39 is 17.5 Å². The fourth-order valence-electron chi connectivity index (χ4n) is 2.05. The van der Waals surface area contributed by atoms with Crippen LogP contribution in [-0.4, -0.2) is 17.5 Å². The number of hydrogen-bond donors (Lipinski definition) is 0. The van der Waals surface area contributed by atoms with Gasteiger partial charge in [0.05, 0.1) is 5.56 Å². The molecule has 0 heterocycles. The average Bonchev–Trinajstić information content (AvgIpc) is 2.58. The third-order valence-electron chi connectivity index (χ3n) is 3.16. The SMILES string of the molecule is CC(C)(C)OC(=O)c1cccc(/C=C/C(=O)OCc2ccccc2)c1. The van der Waals surface area contributed by atoms with Crippen LogP contribution in [0.4, 0.5) is 0 Å². The number of rotatable bonds is 5. The molecule has 25 heavy (non-hydrogen) atoms. The molecule has 0 aliphatic heterocycles. The quantitative estimate of drug-likeness (QED) is 0.599. The maximum atomic E-state index is 12.1. The van der Waals surface area contributed by atoms with Crippen LogP contribution in [0.1, 0.15) is 42.3 Å². The highest BCUT2D eigenvalue weighted by Crippen LogP contribution is 2.14. The lowest BCUT2D eigenvalue weighted by Gasteiger charge is -2.19. The van der Waals surface area contributed by atoms with Crippen LogP contribution in [0.25, 0.3) is 6.08 Å². The van der Waals surface area contributed by atoms with Crippen LogP contribution in [-0.2, 0) is 20.9 Å². The molecule has 2 rings (SSSR count). The van der Waals surface area contributed by atoms with Crippen molar-refractivity contribution >= 4 is 18.0 Å². The molecular formula is C21H22O4. The van der Waals surface area contributed by atoms with Gasteiger partial charge in [-0.2, -0.15) is 0 Å². The van der Waals surface area contributed by atoms with Gasteiger partial charge in [-0.05, 0) is 50.1 Å². The van der Waals surface area contributed by atoms with Crippen LogP contribution in [0, 0.1) is 0 Å². The number of ether oxygens (including phenoxy) is 2. The summed E-state index contributed by atoms with van der Waals surface area (Å²) in [5.74, 6) is -0.832. The molecular weight excluding hydrogens is 316 g/mol. The molecule has 0 saturated heterocycles. The van der Waals surface area contributed by atoms with E-state index in [9.17, 15) is 9.59 Å². The summed E-state index contributed by atoms with van der Waals surface area (Å²) in [5, 5.41) is 0. The third-order valence-corrected chi connectivity index (χ3v) is 3.16. The van der Waals surface area contributed by atoms with Crippen molar-refractivity contribution in [1.29, 1.82) is 0 Å². The first-order valence-corrected chi connectivity index (χ1v) is 8.06. The minimum absolute atomic E-state index is 0.224. The van der Waals surface area contributed by atoms with Gasteiger partial charge in [0.25, 0.3) is 0 Å². The fourth-order valence-corrected chi connectivity index (χ4v) is 2.05. The van der Waals surface area contributed by atoms with Crippen LogP contribution >= 0.6 is 0 Å². The number of hydrogen-bond acceptors (Lipinski definition) is 4. The van der Waals surface area contributed by atoms with Gasteiger partial charge in [-0.3, -0.25) is 0 Å². The van der Waals surface area contributed by atoms with E-state index in [1.165, 1.54) is 6.08 Å². The molecule has 0 bridgehead atoms. The molecule has 0 aromatic heterocycles. The Labute approximate surface area is 148 Å². The average molecular weight is 338 g/mol. The molecule has 0 saturated carbocycles. The summed E-state index contributed by atoms with van der Waals surface area (Å²) in [5.41, 5.74) is 1.54. The van der Waals surface area contributed by atoms with Gasteiger partial charge in [0, 0.05) is 6.08 Å². The fraction of sp³-hybridized carbons (Fsp3) is 0.238. The lowest BCUT2D eigenvalue weighted by Crippen LogP contribution is -2.23. The van der Waals surface area contributed by atoms with E-state index in [2.05, 4.69) is 0 Å². The summed E-state index contributed by atoms with van der Waals surface area (Å²) in [4.78, 5) is 23.9. The Bertz CT molecular complexity index is 755. The number of carbonyl (C=O) groups is 2. The van der Waals surface area contributed by atoms with E-state index >= 15 is 0 Å². The largest absolute Gasteiger partial charge is 0.458 e. The van der Waals surface area contributed by atoms with E-state index in [0.717, 1.165) is 11.1 Å². The molecule has 130 valence electrons. The molecule has 0 unspecified atom stereocenters. The highest BCUT2D eigenvalue weighted by molar-refractivity contribution is 5.91. The van der Waals surface area contributed by atoms with Crippen molar-refractivity contribution in [3.05, 3.63) is 77.4 Å². The second-order valence-corrected chi connectivity index (χ2v) is 6.55. The zero-order valence-corrected chi connectivity index (χ0v) is 14.7. The Kier molecular flexibility index (Phi) is 6.12. The Morgan fingerprint density at radius 1 is 1.00 bits per heavy atom. The van der Waals surface area contributed by atoms with Crippen molar-refractivity contribution in [3.8, 4) is 0 Å². The normalized spacial score (nSPS) is 11.3. The highest BCUT2D eigenvalue weighted by Gasteiger charge is 2.17. The van der Waals surface area contributed by atoms with Crippen LogP contribution in [0.15, 0.2) is 60.7 Å². The summed E-state index contributed by atoms with van der Waals surface area (Å²) in [6, 6.07) is 16.4. The minimum atomic E-state index is -0.551. The zero-order valence-electron chi connectivity index (χ0n) is 14.7. The second kappa shape index (κ2) is 8.29. The van der Waals surface area contributed by atoms with E-state index in [1.54, 1.807) is 30.3 Å². The molecule has 0 N–H and O–H groups in total. The predicted molar refractivity (Wildman–Crippen MR) is 96.9 cm³/mol. The van der Waals surface area contributed by atoms with Gasteiger partial charge in [-0.25, -0.2) is 9.59 Å². The summed E-state index contributed by atoms with van der Waals surface area (Å²) in [7, 11) is 0. The van der Waals surface area contributed by atoms with Gasteiger partial charge in [0.15, 0.2) is 0 Å². The van der Waals surface area contributed by atoms with Crippen LogP contribution in [0.3, 0.4) is 0 Å². The summed E-state index contributed by atoms with van der Waals surface area (Å²) >= 11 is 0. The molecule has 0 amide bonds.